The van der Waals surface area contributed by atoms with Gasteiger partial charge >= 0.3 is 12.1 Å². The van der Waals surface area contributed by atoms with Gasteiger partial charge in [-0.15, -0.1) is 0 Å². The number of carboxylic acid groups (broad SMARTS) is 1. The molecule has 2 N–H and O–H groups in total. The normalized spacial score (nSPS) is 13.4. The summed E-state index contributed by atoms with van der Waals surface area (Å²) in [6.45, 7) is 10.2. The standard InChI is InChI=1S/C14H28N2O4/c1-10(2)11(12(17)18)16(6)9-7-8-15-13(19)20-14(3,4)5/h10-11H,7-9H2,1-6H3,(H,15,19)(H,17,18)/t11-/m0/s1. The van der Waals surface area contributed by atoms with Crippen LogP contribution in [-0.2, 0) is 9.53 Å². The molecule has 1 amide bonds. The second-order valence-corrected chi connectivity index (χ2v) is 6.29. The Balaban J connectivity index is 4.00. The largest absolute Gasteiger partial charge is 0.480 e. The molecule has 0 heterocycles. The molecule has 6 heteroatoms. The summed E-state index contributed by atoms with van der Waals surface area (Å²) in [5.41, 5.74) is -0.507. The van der Waals surface area contributed by atoms with E-state index in [4.69, 9.17) is 9.84 Å². The number of carbonyl (C=O) groups excluding carboxylic acids is 1. The lowest BCUT2D eigenvalue weighted by molar-refractivity contribution is -0.144. The van der Waals surface area contributed by atoms with E-state index in [0.29, 0.717) is 19.5 Å². The highest BCUT2D eigenvalue weighted by atomic mass is 16.6. The quantitative estimate of drug-likeness (QED) is 0.700. The molecule has 20 heavy (non-hydrogen) atoms. The molecule has 0 spiro atoms. The Bertz CT molecular complexity index is 324. The Morgan fingerprint density at radius 1 is 1.30 bits per heavy atom. The molecule has 0 aromatic carbocycles. The van der Waals surface area contributed by atoms with Crippen molar-refractivity contribution in [3.8, 4) is 0 Å². The Labute approximate surface area is 121 Å². The number of nitrogens with zero attached hydrogens (tertiary/aromatic N) is 1. The summed E-state index contributed by atoms with van der Waals surface area (Å²) in [6.07, 6.45) is 0.227. The molecule has 0 aliphatic carbocycles. The average molecular weight is 288 g/mol. The fourth-order valence-corrected chi connectivity index (χ4v) is 1.95. The lowest BCUT2D eigenvalue weighted by Gasteiger charge is -2.27. The molecule has 0 saturated heterocycles. The number of rotatable bonds is 7. The van der Waals surface area contributed by atoms with Crippen LogP contribution < -0.4 is 5.32 Å². The SMILES string of the molecule is CC(C)[C@@H](C(=O)O)N(C)CCCNC(=O)OC(C)(C)C. The highest BCUT2D eigenvalue weighted by molar-refractivity contribution is 5.73. The first-order valence-corrected chi connectivity index (χ1v) is 6.94. The van der Waals surface area contributed by atoms with Gasteiger partial charge in [-0.25, -0.2) is 4.79 Å². The van der Waals surface area contributed by atoms with Crippen LogP contribution in [0.5, 0.6) is 0 Å². The monoisotopic (exact) mass is 288 g/mol. The maximum Gasteiger partial charge on any atom is 0.407 e. The van der Waals surface area contributed by atoms with E-state index in [1.165, 1.54) is 0 Å². The van der Waals surface area contributed by atoms with Crippen LogP contribution in [-0.4, -0.2) is 53.8 Å². The van der Waals surface area contributed by atoms with Gasteiger partial charge in [0.1, 0.15) is 11.6 Å². The zero-order valence-electron chi connectivity index (χ0n) is 13.4. The number of hydrogen-bond donors (Lipinski definition) is 2. The van der Waals surface area contributed by atoms with Crippen LogP contribution in [0.1, 0.15) is 41.0 Å². The smallest absolute Gasteiger partial charge is 0.407 e. The molecule has 0 saturated carbocycles. The molecular formula is C14H28N2O4. The number of amides is 1. The number of carbonyl (C=O) groups is 2. The van der Waals surface area contributed by atoms with Crippen molar-refractivity contribution >= 4 is 12.1 Å². The summed E-state index contributed by atoms with van der Waals surface area (Å²) in [4.78, 5) is 24.4. The molecule has 0 aliphatic heterocycles. The minimum atomic E-state index is -0.817. The molecule has 0 rings (SSSR count). The highest BCUT2D eigenvalue weighted by Crippen LogP contribution is 2.10. The van der Waals surface area contributed by atoms with Crippen molar-refractivity contribution in [2.75, 3.05) is 20.1 Å². The zero-order valence-corrected chi connectivity index (χ0v) is 13.4. The van der Waals surface area contributed by atoms with Crippen molar-refractivity contribution in [2.24, 2.45) is 5.92 Å². The van der Waals surface area contributed by atoms with Gasteiger partial charge in [0.25, 0.3) is 0 Å². The van der Waals surface area contributed by atoms with Crippen LogP contribution >= 0.6 is 0 Å². The zero-order chi connectivity index (χ0) is 15.9. The van der Waals surface area contributed by atoms with Crippen molar-refractivity contribution in [1.29, 1.82) is 0 Å². The first-order chi connectivity index (χ1) is 9.04. The molecular weight excluding hydrogens is 260 g/mol. The van der Waals surface area contributed by atoms with Gasteiger partial charge in [-0.2, -0.15) is 0 Å². The number of nitrogens with one attached hydrogen (secondary N) is 1. The summed E-state index contributed by atoms with van der Waals surface area (Å²) in [7, 11) is 1.78. The van der Waals surface area contributed by atoms with Gasteiger partial charge in [0.2, 0.25) is 0 Å². The maximum absolute atomic E-state index is 11.4. The van der Waals surface area contributed by atoms with Crippen molar-refractivity contribution in [1.82, 2.24) is 10.2 Å². The second kappa shape index (κ2) is 8.09. The lowest BCUT2D eigenvalue weighted by atomic mass is 10.0. The highest BCUT2D eigenvalue weighted by Gasteiger charge is 2.25. The molecule has 1 atom stereocenters. The summed E-state index contributed by atoms with van der Waals surface area (Å²) in [5, 5.41) is 11.8. The van der Waals surface area contributed by atoms with Gasteiger partial charge in [-0.3, -0.25) is 9.69 Å². The topological polar surface area (TPSA) is 78.9 Å². The van der Waals surface area contributed by atoms with Crippen molar-refractivity contribution < 1.29 is 19.4 Å². The van der Waals surface area contributed by atoms with E-state index >= 15 is 0 Å². The van der Waals surface area contributed by atoms with E-state index in [1.807, 2.05) is 13.8 Å². The van der Waals surface area contributed by atoms with E-state index in [1.54, 1.807) is 32.7 Å². The predicted octanol–water partition coefficient (Wildman–Crippen LogP) is 1.94. The Hall–Kier alpha value is -1.30. The van der Waals surface area contributed by atoms with Gasteiger partial charge in [0, 0.05) is 13.1 Å². The molecule has 118 valence electrons. The van der Waals surface area contributed by atoms with E-state index < -0.39 is 23.7 Å². The minimum Gasteiger partial charge on any atom is -0.480 e. The fourth-order valence-electron chi connectivity index (χ4n) is 1.95. The third-order valence-electron chi connectivity index (χ3n) is 2.72. The molecule has 0 bridgehead atoms. The second-order valence-electron chi connectivity index (χ2n) is 6.29. The molecule has 0 fully saturated rings. The third-order valence-corrected chi connectivity index (χ3v) is 2.72. The van der Waals surface area contributed by atoms with Gasteiger partial charge in [-0.05, 0) is 40.2 Å². The Morgan fingerprint density at radius 3 is 2.25 bits per heavy atom. The number of aliphatic carboxylic acids is 1. The van der Waals surface area contributed by atoms with Crippen LogP contribution in [0, 0.1) is 5.92 Å². The van der Waals surface area contributed by atoms with Gasteiger partial charge in [0.15, 0.2) is 0 Å². The van der Waals surface area contributed by atoms with Crippen LogP contribution in [0.15, 0.2) is 0 Å². The molecule has 0 radical (unpaired) electrons. The molecule has 0 aromatic rings. The van der Waals surface area contributed by atoms with Gasteiger partial charge < -0.3 is 15.2 Å². The minimum absolute atomic E-state index is 0.0383. The summed E-state index contributed by atoms with van der Waals surface area (Å²) in [6, 6.07) is -0.503. The van der Waals surface area contributed by atoms with Crippen LogP contribution in [0.25, 0.3) is 0 Å². The predicted molar refractivity (Wildman–Crippen MR) is 77.7 cm³/mol. The molecule has 0 aromatic heterocycles. The fraction of sp³-hybridized carbons (Fsp3) is 0.857. The van der Waals surface area contributed by atoms with Crippen LogP contribution in [0.4, 0.5) is 4.79 Å². The Morgan fingerprint density at radius 2 is 1.85 bits per heavy atom. The van der Waals surface area contributed by atoms with E-state index in [9.17, 15) is 9.59 Å². The van der Waals surface area contributed by atoms with Gasteiger partial charge in [-0.1, -0.05) is 13.8 Å². The molecule has 6 nitrogen and oxygen atoms in total. The van der Waals surface area contributed by atoms with Crippen LogP contribution in [0.3, 0.4) is 0 Å². The number of likely N-dealkylation sites (N-methyl/N-ethyl adjacent to an activating group) is 1. The van der Waals surface area contributed by atoms with E-state index in [2.05, 4.69) is 5.32 Å². The number of hydrogen-bond acceptors (Lipinski definition) is 4. The van der Waals surface area contributed by atoms with E-state index in [-0.39, 0.29) is 5.92 Å². The Kier molecular flexibility index (Phi) is 7.57. The van der Waals surface area contributed by atoms with Crippen molar-refractivity contribution in [3.63, 3.8) is 0 Å². The van der Waals surface area contributed by atoms with Crippen LogP contribution in [0.2, 0.25) is 0 Å². The third kappa shape index (κ3) is 7.99. The number of carboxylic acids is 1. The average Bonchev–Trinajstić information content (AvgIpc) is 2.20. The molecule has 0 aliphatic rings. The maximum atomic E-state index is 11.4. The number of alkyl carbamates (subject to hydrolysis) is 1. The van der Waals surface area contributed by atoms with E-state index in [0.717, 1.165) is 0 Å². The molecule has 0 unspecified atom stereocenters. The first-order valence-electron chi connectivity index (χ1n) is 6.94. The summed E-state index contributed by atoms with van der Waals surface area (Å²) >= 11 is 0. The first kappa shape index (κ1) is 18.7. The lowest BCUT2D eigenvalue weighted by Crippen LogP contribution is -2.43. The number of ether oxygens (including phenoxy) is 1. The van der Waals surface area contributed by atoms with Crippen molar-refractivity contribution in [2.45, 2.75) is 52.7 Å². The van der Waals surface area contributed by atoms with Gasteiger partial charge in [0.05, 0.1) is 0 Å². The van der Waals surface area contributed by atoms with Crippen molar-refractivity contribution in [3.05, 3.63) is 0 Å². The summed E-state index contributed by atoms with van der Waals surface area (Å²) in [5.74, 6) is -0.779. The summed E-state index contributed by atoms with van der Waals surface area (Å²) < 4.78 is 5.11.